The number of carboxylic acid groups (broad SMARTS) is 1. The fraction of sp³-hybridized carbons (Fsp3) is 0.222. The molecule has 0 heterocycles. The summed E-state index contributed by atoms with van der Waals surface area (Å²) in [6.07, 6.45) is 8.06. The van der Waals surface area contributed by atoms with E-state index in [9.17, 15) is 9.59 Å². The van der Waals surface area contributed by atoms with Gasteiger partial charge in [0.2, 0.25) is 0 Å². The largest absolute Gasteiger partial charge is 0.478 e. The Morgan fingerprint density at radius 2 is 2.00 bits per heavy atom. The van der Waals surface area contributed by atoms with Crippen molar-refractivity contribution in [3.63, 3.8) is 0 Å². The number of anilines is 2. The normalized spacial score (nSPS) is 11.7. The fourth-order valence-electron chi connectivity index (χ4n) is 1.95. The van der Waals surface area contributed by atoms with Crippen LogP contribution in [0.3, 0.4) is 0 Å². The third-order valence-electron chi connectivity index (χ3n) is 3.12. The van der Waals surface area contributed by atoms with Crippen molar-refractivity contribution < 1.29 is 14.7 Å². The summed E-state index contributed by atoms with van der Waals surface area (Å²) in [6, 6.07) is 5.09. The summed E-state index contributed by atoms with van der Waals surface area (Å²) in [5.41, 5.74) is 8.72. The minimum atomic E-state index is -1.02. The maximum absolute atomic E-state index is 11.3. The molecule has 0 aliphatic rings. The van der Waals surface area contributed by atoms with Gasteiger partial charge in [-0.15, -0.1) is 0 Å². The van der Waals surface area contributed by atoms with Gasteiger partial charge in [0.25, 0.3) is 0 Å². The molecule has 0 atom stereocenters. The van der Waals surface area contributed by atoms with Crippen molar-refractivity contribution in [3.8, 4) is 0 Å². The average molecular weight is 344 g/mol. The fourth-order valence-corrected chi connectivity index (χ4v) is 1.95. The zero-order chi connectivity index (χ0) is 18.7. The molecule has 0 radical (unpaired) electrons. The Morgan fingerprint density at radius 3 is 2.60 bits per heavy atom. The number of aliphatic carboxylic acids is 1. The van der Waals surface area contributed by atoms with Crippen LogP contribution in [0.4, 0.5) is 16.2 Å². The molecule has 7 nitrogen and oxygen atoms in total. The van der Waals surface area contributed by atoms with E-state index in [1.165, 1.54) is 6.08 Å². The maximum atomic E-state index is 11.3. The second kappa shape index (κ2) is 10.5. The Hall–Kier alpha value is -3.22. The van der Waals surface area contributed by atoms with Crippen LogP contribution in [-0.4, -0.2) is 30.3 Å². The third kappa shape index (κ3) is 7.26. The SMILES string of the molecule is C\C=C/C=C(\C=C\C(=O)O)c1ccc(NCNC(=O)NCC)c(N)c1. The number of allylic oxidation sites excluding steroid dienone is 5. The summed E-state index contributed by atoms with van der Waals surface area (Å²) < 4.78 is 0. The van der Waals surface area contributed by atoms with Gasteiger partial charge < -0.3 is 26.8 Å². The van der Waals surface area contributed by atoms with Gasteiger partial charge in [-0.05, 0) is 43.2 Å². The molecule has 0 bridgehead atoms. The average Bonchev–Trinajstić information content (AvgIpc) is 2.56. The van der Waals surface area contributed by atoms with E-state index in [1.807, 2.05) is 32.1 Å². The van der Waals surface area contributed by atoms with Gasteiger partial charge in [0.1, 0.15) is 0 Å². The van der Waals surface area contributed by atoms with Gasteiger partial charge in [-0.1, -0.05) is 24.3 Å². The molecular weight excluding hydrogens is 320 g/mol. The van der Waals surface area contributed by atoms with Crippen LogP contribution < -0.4 is 21.7 Å². The molecule has 0 spiro atoms. The molecule has 1 rings (SSSR count). The molecule has 0 aliphatic carbocycles. The van der Waals surface area contributed by atoms with Crippen LogP contribution in [0.25, 0.3) is 5.57 Å². The molecule has 0 fully saturated rings. The number of carboxylic acids is 1. The first-order valence-electron chi connectivity index (χ1n) is 7.87. The van der Waals surface area contributed by atoms with Gasteiger partial charge in [-0.25, -0.2) is 9.59 Å². The van der Waals surface area contributed by atoms with E-state index >= 15 is 0 Å². The molecule has 0 unspecified atom stereocenters. The van der Waals surface area contributed by atoms with Crippen molar-refractivity contribution in [2.24, 2.45) is 0 Å². The lowest BCUT2D eigenvalue weighted by Crippen LogP contribution is -2.38. The third-order valence-corrected chi connectivity index (χ3v) is 3.12. The highest BCUT2D eigenvalue weighted by Gasteiger charge is 2.04. The Morgan fingerprint density at radius 1 is 1.24 bits per heavy atom. The van der Waals surface area contributed by atoms with Gasteiger partial charge in [0.15, 0.2) is 0 Å². The van der Waals surface area contributed by atoms with Crippen molar-refractivity contribution in [1.82, 2.24) is 10.6 Å². The topological polar surface area (TPSA) is 116 Å². The van der Waals surface area contributed by atoms with E-state index in [0.29, 0.717) is 17.9 Å². The number of carbonyl (C=O) groups excluding carboxylic acids is 1. The first kappa shape index (κ1) is 19.8. The van der Waals surface area contributed by atoms with Crippen LogP contribution in [0.1, 0.15) is 19.4 Å². The summed E-state index contributed by atoms with van der Waals surface area (Å²) in [5, 5.41) is 17.1. The smallest absolute Gasteiger partial charge is 0.328 e. The predicted octanol–water partition coefficient (Wildman–Crippen LogP) is 2.56. The quantitative estimate of drug-likeness (QED) is 0.215. The van der Waals surface area contributed by atoms with Crippen LogP contribution in [0, 0.1) is 0 Å². The molecule has 25 heavy (non-hydrogen) atoms. The standard InChI is InChI=1S/C18H24N4O3/c1-3-5-6-13(8-10-17(23)24)14-7-9-16(15(19)11-14)21-12-22-18(25)20-4-2/h3,5-11,21H,4,12,19H2,1-2H3,(H,23,24)(H2,20,22,25)/b5-3-,10-8+,13-6+. The van der Waals surface area contributed by atoms with E-state index in [-0.39, 0.29) is 12.7 Å². The lowest BCUT2D eigenvalue weighted by Gasteiger charge is -2.12. The highest BCUT2D eigenvalue weighted by Crippen LogP contribution is 2.25. The number of carbonyl (C=O) groups is 2. The van der Waals surface area contributed by atoms with Gasteiger partial charge in [0, 0.05) is 12.6 Å². The molecule has 0 aromatic heterocycles. The second-order valence-electron chi connectivity index (χ2n) is 5.01. The van der Waals surface area contributed by atoms with Crippen LogP contribution in [0.2, 0.25) is 0 Å². The van der Waals surface area contributed by atoms with Crippen molar-refractivity contribution in [2.75, 3.05) is 24.3 Å². The summed E-state index contributed by atoms with van der Waals surface area (Å²) in [5.74, 6) is -1.02. The number of hydrogen-bond donors (Lipinski definition) is 5. The van der Waals surface area contributed by atoms with Crippen molar-refractivity contribution in [2.45, 2.75) is 13.8 Å². The van der Waals surface area contributed by atoms with E-state index in [2.05, 4.69) is 16.0 Å². The van der Waals surface area contributed by atoms with Crippen LogP contribution >= 0.6 is 0 Å². The molecule has 134 valence electrons. The monoisotopic (exact) mass is 344 g/mol. The Bertz CT molecular complexity index is 694. The highest BCUT2D eigenvalue weighted by atomic mass is 16.4. The second-order valence-corrected chi connectivity index (χ2v) is 5.01. The van der Waals surface area contributed by atoms with Crippen LogP contribution in [-0.2, 0) is 4.79 Å². The maximum Gasteiger partial charge on any atom is 0.328 e. The minimum absolute atomic E-state index is 0.232. The number of urea groups is 1. The highest BCUT2D eigenvalue weighted by molar-refractivity contribution is 5.87. The van der Waals surface area contributed by atoms with Crippen molar-refractivity contribution in [3.05, 3.63) is 54.1 Å². The molecule has 2 amide bonds. The molecule has 1 aromatic carbocycles. The number of nitrogen functional groups attached to an aromatic ring is 1. The van der Waals surface area contributed by atoms with E-state index in [4.69, 9.17) is 10.8 Å². The molecule has 0 saturated carbocycles. The summed E-state index contributed by atoms with van der Waals surface area (Å²) in [4.78, 5) is 22.1. The summed E-state index contributed by atoms with van der Waals surface area (Å²) in [6.45, 7) is 4.49. The Balaban J connectivity index is 2.87. The first-order valence-corrected chi connectivity index (χ1v) is 7.87. The number of nitrogens with one attached hydrogen (secondary N) is 3. The Labute approximate surface area is 147 Å². The summed E-state index contributed by atoms with van der Waals surface area (Å²) >= 11 is 0. The number of nitrogens with two attached hydrogens (primary N) is 1. The van der Waals surface area contributed by atoms with Gasteiger partial charge in [-0.3, -0.25) is 0 Å². The number of hydrogen-bond acceptors (Lipinski definition) is 4. The molecule has 6 N–H and O–H groups in total. The molecule has 0 saturated heterocycles. The predicted molar refractivity (Wildman–Crippen MR) is 101 cm³/mol. The van der Waals surface area contributed by atoms with Crippen molar-refractivity contribution in [1.29, 1.82) is 0 Å². The number of benzene rings is 1. The molecule has 0 aliphatic heterocycles. The minimum Gasteiger partial charge on any atom is -0.478 e. The zero-order valence-corrected chi connectivity index (χ0v) is 14.4. The first-order chi connectivity index (χ1) is 12.0. The van der Waals surface area contributed by atoms with E-state index < -0.39 is 5.97 Å². The lowest BCUT2D eigenvalue weighted by molar-refractivity contribution is -0.131. The summed E-state index contributed by atoms with van der Waals surface area (Å²) in [7, 11) is 0. The van der Waals surface area contributed by atoms with Gasteiger partial charge in [0.05, 0.1) is 18.0 Å². The lowest BCUT2D eigenvalue weighted by atomic mass is 10.0. The Kier molecular flexibility index (Phi) is 8.35. The molecule has 1 aromatic rings. The molecule has 7 heteroatoms. The number of rotatable bonds is 8. The van der Waals surface area contributed by atoms with E-state index in [1.54, 1.807) is 18.2 Å². The van der Waals surface area contributed by atoms with Gasteiger partial charge in [-0.2, -0.15) is 0 Å². The van der Waals surface area contributed by atoms with E-state index in [0.717, 1.165) is 17.2 Å². The van der Waals surface area contributed by atoms with Crippen LogP contribution in [0.15, 0.2) is 48.6 Å². The zero-order valence-electron chi connectivity index (χ0n) is 14.4. The number of amides is 2. The van der Waals surface area contributed by atoms with Crippen LogP contribution in [0.5, 0.6) is 0 Å². The molecular formula is C18H24N4O3. The van der Waals surface area contributed by atoms with Gasteiger partial charge >= 0.3 is 12.0 Å². The van der Waals surface area contributed by atoms with Crippen molar-refractivity contribution >= 4 is 28.9 Å².